The molecule has 8 nitrogen and oxygen atoms in total. The molecule has 3 N–H and O–H groups in total. The number of hydrogen-bond donors (Lipinski definition) is 3. The summed E-state index contributed by atoms with van der Waals surface area (Å²) in [5.74, 6) is 3.02. The van der Waals surface area contributed by atoms with Crippen LogP contribution in [0.15, 0.2) is 18.2 Å². The number of amides is 1. The molecule has 2 aliphatic rings. The average molecular weight is 576 g/mol. The van der Waals surface area contributed by atoms with Crippen LogP contribution >= 0.6 is 0 Å². The quantitative estimate of drug-likeness (QED) is 0.259. The SMILES string of the molecule is CC[C@H](C)C(=O)O[C@H]1C[C@@H](C)CC2CC[C@H](C)[C@H](CC[C@@H](O)C[C@@H](O)CC(=O)NCc3ccc(OC)c(OC)c3)C21. The van der Waals surface area contributed by atoms with Gasteiger partial charge in [-0.2, -0.15) is 0 Å². The lowest BCUT2D eigenvalue weighted by Gasteiger charge is -2.50. The monoisotopic (exact) mass is 575 g/mol. The Hall–Kier alpha value is -2.32. The molecule has 0 heterocycles. The van der Waals surface area contributed by atoms with Crippen LogP contribution in [0.2, 0.25) is 0 Å². The lowest BCUT2D eigenvalue weighted by atomic mass is 9.58. The predicted molar refractivity (Wildman–Crippen MR) is 158 cm³/mol. The summed E-state index contributed by atoms with van der Waals surface area (Å²) in [4.78, 5) is 25.2. The Morgan fingerprint density at radius 1 is 1.05 bits per heavy atom. The van der Waals surface area contributed by atoms with Crippen molar-refractivity contribution in [2.24, 2.45) is 35.5 Å². The van der Waals surface area contributed by atoms with Gasteiger partial charge in [0, 0.05) is 12.5 Å². The minimum atomic E-state index is -0.924. The Labute approximate surface area is 246 Å². The van der Waals surface area contributed by atoms with E-state index in [-0.39, 0.29) is 36.7 Å². The number of carbonyl (C=O) groups excluding carboxylic acids is 2. The second kappa shape index (κ2) is 15.8. The highest BCUT2D eigenvalue weighted by Crippen LogP contribution is 2.50. The van der Waals surface area contributed by atoms with Gasteiger partial charge in [-0.15, -0.1) is 0 Å². The van der Waals surface area contributed by atoms with E-state index in [2.05, 4.69) is 19.2 Å². The van der Waals surface area contributed by atoms with Gasteiger partial charge in [0.25, 0.3) is 0 Å². The molecule has 0 bridgehead atoms. The highest BCUT2D eigenvalue weighted by Gasteiger charge is 2.47. The summed E-state index contributed by atoms with van der Waals surface area (Å²) in [5.41, 5.74) is 0.857. The van der Waals surface area contributed by atoms with Crippen LogP contribution in [-0.4, -0.2) is 54.6 Å². The molecule has 0 aliphatic heterocycles. The fraction of sp³-hybridized carbons (Fsp3) is 0.758. The molecule has 232 valence electrons. The molecule has 2 aliphatic carbocycles. The fourth-order valence-corrected chi connectivity index (χ4v) is 7.05. The van der Waals surface area contributed by atoms with Crippen molar-refractivity contribution in [3.63, 3.8) is 0 Å². The summed E-state index contributed by atoms with van der Waals surface area (Å²) >= 11 is 0. The van der Waals surface area contributed by atoms with E-state index >= 15 is 0 Å². The third kappa shape index (κ3) is 9.34. The van der Waals surface area contributed by atoms with E-state index in [1.54, 1.807) is 26.4 Å². The summed E-state index contributed by atoms with van der Waals surface area (Å²) in [6.45, 7) is 8.81. The second-order valence-electron chi connectivity index (χ2n) is 12.7. The van der Waals surface area contributed by atoms with Crippen LogP contribution in [0.4, 0.5) is 0 Å². The molecule has 0 saturated heterocycles. The first-order chi connectivity index (χ1) is 19.6. The largest absolute Gasteiger partial charge is 0.493 e. The van der Waals surface area contributed by atoms with Gasteiger partial charge in [0.2, 0.25) is 5.91 Å². The summed E-state index contributed by atoms with van der Waals surface area (Å²) in [6, 6.07) is 5.44. The van der Waals surface area contributed by atoms with Crippen molar-refractivity contribution in [3.05, 3.63) is 23.8 Å². The normalized spacial score (nSPS) is 28.1. The van der Waals surface area contributed by atoms with E-state index in [0.717, 1.165) is 31.2 Å². The lowest BCUT2D eigenvalue weighted by Crippen LogP contribution is -2.47. The number of aliphatic hydroxyl groups is 2. The third-order valence-corrected chi connectivity index (χ3v) is 9.55. The molecule has 0 spiro atoms. The number of aliphatic hydroxyl groups excluding tert-OH is 2. The zero-order valence-corrected chi connectivity index (χ0v) is 25.9. The smallest absolute Gasteiger partial charge is 0.308 e. The molecule has 1 amide bonds. The van der Waals surface area contributed by atoms with Gasteiger partial charge in [-0.25, -0.2) is 0 Å². The molecule has 8 heteroatoms. The van der Waals surface area contributed by atoms with Crippen LogP contribution in [0.1, 0.15) is 91.0 Å². The standard InChI is InChI=1S/C33H53NO7/c1-7-21(3)33(38)41-30-15-20(2)14-24-10-8-22(4)27(32(24)30)12-11-25(35)17-26(36)18-31(37)34-19-23-9-13-28(39-5)29(16-23)40-6/h9,13,16,20-22,24-27,30,32,35-36H,7-8,10-12,14-15,17-19H2,1-6H3,(H,34,37)/t20-,21-,22-,24?,25+,26+,27-,30-,32?/m0/s1. The number of fused-ring (bicyclic) bond motifs is 1. The van der Waals surface area contributed by atoms with Gasteiger partial charge < -0.3 is 29.7 Å². The van der Waals surface area contributed by atoms with E-state index in [1.165, 1.54) is 12.8 Å². The first-order valence-electron chi connectivity index (χ1n) is 15.6. The Morgan fingerprint density at radius 3 is 2.46 bits per heavy atom. The van der Waals surface area contributed by atoms with Gasteiger partial charge in [-0.1, -0.05) is 40.2 Å². The van der Waals surface area contributed by atoms with Crippen LogP contribution in [0.5, 0.6) is 11.5 Å². The number of esters is 1. The maximum Gasteiger partial charge on any atom is 0.308 e. The Bertz CT molecular complexity index is 984. The summed E-state index contributed by atoms with van der Waals surface area (Å²) in [7, 11) is 3.13. The lowest BCUT2D eigenvalue weighted by molar-refractivity contribution is -0.167. The second-order valence-corrected chi connectivity index (χ2v) is 12.7. The number of methoxy groups -OCH3 is 2. The van der Waals surface area contributed by atoms with Crippen molar-refractivity contribution in [1.29, 1.82) is 0 Å². The topological polar surface area (TPSA) is 114 Å². The highest BCUT2D eigenvalue weighted by atomic mass is 16.5. The predicted octanol–water partition coefficient (Wildman–Crippen LogP) is 5.27. The maximum atomic E-state index is 12.7. The van der Waals surface area contributed by atoms with Gasteiger partial charge in [-0.05, 0) is 86.3 Å². The van der Waals surface area contributed by atoms with E-state index < -0.39 is 12.2 Å². The van der Waals surface area contributed by atoms with Crippen LogP contribution in [-0.2, 0) is 20.9 Å². The Balaban J connectivity index is 1.50. The van der Waals surface area contributed by atoms with E-state index in [1.807, 2.05) is 19.9 Å². The highest BCUT2D eigenvalue weighted by molar-refractivity contribution is 5.76. The molecule has 41 heavy (non-hydrogen) atoms. The van der Waals surface area contributed by atoms with Crippen molar-refractivity contribution in [3.8, 4) is 11.5 Å². The summed E-state index contributed by atoms with van der Waals surface area (Å²) in [5, 5.41) is 24.2. The molecule has 1 aromatic carbocycles. The van der Waals surface area contributed by atoms with E-state index in [9.17, 15) is 19.8 Å². The molecule has 1 aromatic rings. The zero-order chi connectivity index (χ0) is 30.1. The molecule has 3 rings (SSSR count). The van der Waals surface area contributed by atoms with Crippen LogP contribution in [0.3, 0.4) is 0 Å². The molecule has 2 fully saturated rings. The van der Waals surface area contributed by atoms with E-state index in [0.29, 0.717) is 54.1 Å². The van der Waals surface area contributed by atoms with Crippen LogP contribution in [0, 0.1) is 35.5 Å². The fourth-order valence-electron chi connectivity index (χ4n) is 7.05. The summed E-state index contributed by atoms with van der Waals surface area (Å²) in [6.07, 6.45) is 4.98. The van der Waals surface area contributed by atoms with Crippen molar-refractivity contribution >= 4 is 11.9 Å². The van der Waals surface area contributed by atoms with Crippen LogP contribution < -0.4 is 14.8 Å². The molecule has 2 saturated carbocycles. The number of hydrogen-bond acceptors (Lipinski definition) is 7. The molecular weight excluding hydrogens is 522 g/mol. The van der Waals surface area contributed by atoms with Crippen LogP contribution in [0.25, 0.3) is 0 Å². The van der Waals surface area contributed by atoms with Gasteiger partial charge in [-0.3, -0.25) is 9.59 Å². The Morgan fingerprint density at radius 2 is 1.78 bits per heavy atom. The van der Waals surface area contributed by atoms with Crippen molar-refractivity contribution in [1.82, 2.24) is 5.32 Å². The van der Waals surface area contributed by atoms with E-state index in [4.69, 9.17) is 14.2 Å². The van der Waals surface area contributed by atoms with Crippen molar-refractivity contribution in [2.75, 3.05) is 14.2 Å². The molecule has 2 unspecified atom stereocenters. The molecule has 9 atom stereocenters. The number of ether oxygens (including phenoxy) is 3. The first kappa shape index (κ1) is 33.2. The molecular formula is C33H53NO7. The molecule has 0 aromatic heterocycles. The van der Waals surface area contributed by atoms with Gasteiger partial charge in [0.1, 0.15) is 6.10 Å². The zero-order valence-electron chi connectivity index (χ0n) is 25.9. The average Bonchev–Trinajstić information content (AvgIpc) is 2.94. The first-order valence-corrected chi connectivity index (χ1v) is 15.6. The van der Waals surface area contributed by atoms with Gasteiger partial charge in [0.15, 0.2) is 11.5 Å². The summed E-state index contributed by atoms with van der Waals surface area (Å²) < 4.78 is 16.7. The number of carbonyl (C=O) groups is 2. The number of nitrogens with one attached hydrogen (secondary N) is 1. The van der Waals surface area contributed by atoms with Crippen molar-refractivity contribution in [2.45, 2.75) is 110 Å². The Kier molecular flexibility index (Phi) is 12.8. The minimum Gasteiger partial charge on any atom is -0.493 e. The minimum absolute atomic E-state index is 0.0601. The van der Waals surface area contributed by atoms with Crippen molar-refractivity contribution < 1.29 is 34.0 Å². The third-order valence-electron chi connectivity index (χ3n) is 9.55. The molecule has 0 radical (unpaired) electrons. The number of benzene rings is 1. The van der Waals surface area contributed by atoms with Gasteiger partial charge >= 0.3 is 5.97 Å². The number of rotatable bonds is 14. The van der Waals surface area contributed by atoms with Gasteiger partial charge in [0.05, 0.1) is 38.8 Å². The maximum absolute atomic E-state index is 12.7.